The minimum atomic E-state index is 0.163. The van der Waals surface area contributed by atoms with Crippen molar-refractivity contribution in [3.63, 3.8) is 0 Å². The van der Waals surface area contributed by atoms with Crippen LogP contribution in [0.1, 0.15) is 70.2 Å². The molecule has 3 heteroatoms. The lowest BCUT2D eigenvalue weighted by Crippen LogP contribution is -2.22. The third-order valence-electron chi connectivity index (χ3n) is 3.81. The Bertz CT molecular complexity index is 393. The molecule has 0 radical (unpaired) electrons. The van der Waals surface area contributed by atoms with Crippen molar-refractivity contribution in [1.29, 1.82) is 0 Å². The van der Waals surface area contributed by atoms with Gasteiger partial charge in [0.15, 0.2) is 0 Å². The number of hydrogen-bond acceptors (Lipinski definition) is 3. The molecule has 1 rings (SSSR count). The van der Waals surface area contributed by atoms with Gasteiger partial charge in [0.25, 0.3) is 0 Å². The van der Waals surface area contributed by atoms with Crippen molar-refractivity contribution in [1.82, 2.24) is 4.98 Å². The SMILES string of the molecule is CCCCCCCCOc1ccc(C)nc1CC(N)CC. The maximum atomic E-state index is 6.05. The Balaban J connectivity index is 2.39. The first-order valence-corrected chi connectivity index (χ1v) is 8.52. The van der Waals surface area contributed by atoms with Crippen LogP contribution in [0.4, 0.5) is 0 Å². The molecule has 120 valence electrons. The van der Waals surface area contributed by atoms with Crippen LogP contribution in [-0.4, -0.2) is 17.6 Å². The first-order chi connectivity index (χ1) is 10.2. The summed E-state index contributed by atoms with van der Waals surface area (Å²) in [6.45, 7) is 7.15. The van der Waals surface area contributed by atoms with Crippen molar-refractivity contribution < 1.29 is 4.74 Å². The van der Waals surface area contributed by atoms with E-state index in [1.54, 1.807) is 0 Å². The number of rotatable bonds is 11. The Morgan fingerprint density at radius 2 is 1.81 bits per heavy atom. The van der Waals surface area contributed by atoms with Crippen LogP contribution in [0.2, 0.25) is 0 Å². The van der Waals surface area contributed by atoms with Gasteiger partial charge in [-0.3, -0.25) is 4.98 Å². The molecule has 0 spiro atoms. The van der Waals surface area contributed by atoms with E-state index >= 15 is 0 Å². The Morgan fingerprint density at radius 1 is 1.10 bits per heavy atom. The lowest BCUT2D eigenvalue weighted by atomic mass is 10.1. The van der Waals surface area contributed by atoms with Gasteiger partial charge >= 0.3 is 0 Å². The third-order valence-corrected chi connectivity index (χ3v) is 3.81. The normalized spacial score (nSPS) is 12.4. The lowest BCUT2D eigenvalue weighted by Gasteiger charge is -2.14. The van der Waals surface area contributed by atoms with Crippen LogP contribution in [0.3, 0.4) is 0 Å². The minimum absolute atomic E-state index is 0.163. The number of ether oxygens (including phenoxy) is 1. The summed E-state index contributed by atoms with van der Waals surface area (Å²) in [7, 11) is 0. The molecule has 2 N–H and O–H groups in total. The van der Waals surface area contributed by atoms with Crippen LogP contribution >= 0.6 is 0 Å². The van der Waals surface area contributed by atoms with Gasteiger partial charge in [0.1, 0.15) is 5.75 Å². The molecule has 0 amide bonds. The number of pyridine rings is 1. The zero-order chi connectivity index (χ0) is 15.5. The highest BCUT2D eigenvalue weighted by Crippen LogP contribution is 2.19. The molecule has 3 nitrogen and oxygen atoms in total. The van der Waals surface area contributed by atoms with Crippen molar-refractivity contribution in [2.45, 2.75) is 78.2 Å². The topological polar surface area (TPSA) is 48.1 Å². The molecule has 0 aliphatic heterocycles. The van der Waals surface area contributed by atoms with E-state index in [9.17, 15) is 0 Å². The van der Waals surface area contributed by atoms with Crippen LogP contribution in [0.25, 0.3) is 0 Å². The summed E-state index contributed by atoms with van der Waals surface area (Å²) < 4.78 is 5.93. The van der Waals surface area contributed by atoms with E-state index in [0.717, 1.165) is 43.0 Å². The number of unbranched alkanes of at least 4 members (excludes halogenated alkanes) is 5. The predicted molar refractivity (Wildman–Crippen MR) is 89.8 cm³/mol. The highest BCUT2D eigenvalue weighted by Gasteiger charge is 2.10. The first kappa shape index (κ1) is 18.0. The molecule has 0 saturated heterocycles. The lowest BCUT2D eigenvalue weighted by molar-refractivity contribution is 0.299. The van der Waals surface area contributed by atoms with E-state index < -0.39 is 0 Å². The van der Waals surface area contributed by atoms with Gasteiger partial charge in [0.2, 0.25) is 0 Å². The second kappa shape index (κ2) is 10.6. The molecule has 1 aromatic rings. The fourth-order valence-corrected chi connectivity index (χ4v) is 2.33. The predicted octanol–water partition coefficient (Wildman–Crippen LogP) is 4.41. The van der Waals surface area contributed by atoms with Gasteiger partial charge in [-0.25, -0.2) is 0 Å². The molecule has 0 aromatic carbocycles. The summed E-state index contributed by atoms with van der Waals surface area (Å²) in [5, 5.41) is 0. The van der Waals surface area contributed by atoms with Crippen molar-refractivity contribution in [2.75, 3.05) is 6.61 Å². The highest BCUT2D eigenvalue weighted by atomic mass is 16.5. The molecule has 0 saturated carbocycles. The summed E-state index contributed by atoms with van der Waals surface area (Å²) in [6.07, 6.45) is 9.45. The van der Waals surface area contributed by atoms with Crippen LogP contribution in [0.15, 0.2) is 12.1 Å². The zero-order valence-electron chi connectivity index (χ0n) is 14.0. The summed E-state index contributed by atoms with van der Waals surface area (Å²) in [5.74, 6) is 0.915. The number of nitrogens with zero attached hydrogens (tertiary/aromatic N) is 1. The van der Waals surface area contributed by atoms with Gasteiger partial charge in [0.05, 0.1) is 12.3 Å². The highest BCUT2D eigenvalue weighted by molar-refractivity contribution is 5.30. The van der Waals surface area contributed by atoms with E-state index in [4.69, 9.17) is 10.5 Å². The number of hydrogen-bond donors (Lipinski definition) is 1. The Hall–Kier alpha value is -1.09. The second-order valence-electron chi connectivity index (χ2n) is 5.89. The second-order valence-corrected chi connectivity index (χ2v) is 5.89. The van der Waals surface area contributed by atoms with Gasteiger partial charge in [0, 0.05) is 18.2 Å². The molecular weight excluding hydrogens is 260 g/mol. The van der Waals surface area contributed by atoms with Crippen molar-refractivity contribution in [3.8, 4) is 5.75 Å². The maximum Gasteiger partial charge on any atom is 0.140 e. The molecule has 1 aromatic heterocycles. The average molecular weight is 292 g/mol. The number of aryl methyl sites for hydroxylation is 1. The van der Waals surface area contributed by atoms with Crippen molar-refractivity contribution in [3.05, 3.63) is 23.5 Å². The molecule has 21 heavy (non-hydrogen) atoms. The standard InChI is InChI=1S/C18H32N2O/c1-4-6-7-8-9-10-13-21-18-12-11-15(3)20-17(18)14-16(19)5-2/h11-12,16H,4-10,13-14,19H2,1-3H3. The van der Waals surface area contributed by atoms with Crippen LogP contribution < -0.4 is 10.5 Å². The molecule has 0 aliphatic rings. The average Bonchev–Trinajstić information content (AvgIpc) is 2.48. The van der Waals surface area contributed by atoms with Gasteiger partial charge in [-0.1, -0.05) is 46.0 Å². The van der Waals surface area contributed by atoms with Gasteiger partial charge < -0.3 is 10.5 Å². The van der Waals surface area contributed by atoms with Crippen molar-refractivity contribution >= 4 is 0 Å². The zero-order valence-corrected chi connectivity index (χ0v) is 14.0. The fourth-order valence-electron chi connectivity index (χ4n) is 2.33. The molecular formula is C18H32N2O. The smallest absolute Gasteiger partial charge is 0.140 e. The van der Waals surface area contributed by atoms with Crippen LogP contribution in [0.5, 0.6) is 5.75 Å². The van der Waals surface area contributed by atoms with E-state index in [0.29, 0.717) is 0 Å². The maximum absolute atomic E-state index is 6.05. The Kier molecular flexibility index (Phi) is 9.07. The van der Waals surface area contributed by atoms with E-state index in [-0.39, 0.29) is 6.04 Å². The van der Waals surface area contributed by atoms with Crippen LogP contribution in [-0.2, 0) is 6.42 Å². The third kappa shape index (κ3) is 7.47. The van der Waals surface area contributed by atoms with E-state index in [1.807, 2.05) is 19.1 Å². The largest absolute Gasteiger partial charge is 0.492 e. The number of nitrogens with two attached hydrogens (primary N) is 1. The summed E-state index contributed by atoms with van der Waals surface area (Å²) in [6, 6.07) is 4.21. The van der Waals surface area contributed by atoms with E-state index in [2.05, 4.69) is 18.8 Å². The van der Waals surface area contributed by atoms with Gasteiger partial charge in [-0.05, 0) is 31.9 Å². The molecule has 0 aliphatic carbocycles. The quantitative estimate of drug-likeness (QED) is 0.615. The first-order valence-electron chi connectivity index (χ1n) is 8.52. The summed E-state index contributed by atoms with van der Waals surface area (Å²) >= 11 is 0. The molecule has 0 fully saturated rings. The van der Waals surface area contributed by atoms with Gasteiger partial charge in [-0.2, -0.15) is 0 Å². The molecule has 1 unspecified atom stereocenters. The molecule has 1 heterocycles. The van der Waals surface area contributed by atoms with E-state index in [1.165, 1.54) is 32.1 Å². The van der Waals surface area contributed by atoms with Crippen LogP contribution in [0, 0.1) is 6.92 Å². The van der Waals surface area contributed by atoms with Gasteiger partial charge in [-0.15, -0.1) is 0 Å². The Morgan fingerprint density at radius 3 is 2.52 bits per heavy atom. The summed E-state index contributed by atoms with van der Waals surface area (Å²) in [5.41, 5.74) is 8.09. The molecule has 1 atom stereocenters. The monoisotopic (exact) mass is 292 g/mol. The fraction of sp³-hybridized carbons (Fsp3) is 0.722. The Labute approximate surface area is 130 Å². The van der Waals surface area contributed by atoms with Crippen molar-refractivity contribution in [2.24, 2.45) is 5.73 Å². The molecule has 0 bridgehead atoms. The summed E-state index contributed by atoms with van der Waals surface area (Å²) in [4.78, 5) is 4.60. The number of aromatic nitrogens is 1. The minimum Gasteiger partial charge on any atom is -0.492 e.